The van der Waals surface area contributed by atoms with Gasteiger partial charge in [0.1, 0.15) is 0 Å². The zero-order chi connectivity index (χ0) is 13.3. The highest BCUT2D eigenvalue weighted by Crippen LogP contribution is 2.31. The molecule has 7 nitrogen and oxygen atoms in total. The van der Waals surface area contributed by atoms with Gasteiger partial charge in [0, 0.05) is 6.07 Å². The first kappa shape index (κ1) is 12.6. The van der Waals surface area contributed by atoms with Crippen LogP contribution in [-0.2, 0) is 7.05 Å². The maximum Gasteiger partial charge on any atom is 0.323 e. The lowest BCUT2D eigenvalue weighted by atomic mass is 9.77. The Hall–Kier alpha value is -1.89. The number of carbonyl (C=O) groups is 1. The molecular formula is C11H15N3O4. The molecular weight excluding hydrogens is 238 g/mol. The number of hydrogen-bond donors (Lipinski definition) is 2. The molecule has 0 unspecified atom stereocenters. The van der Waals surface area contributed by atoms with E-state index < -0.39 is 10.5 Å². The van der Waals surface area contributed by atoms with Crippen molar-refractivity contribution in [3.63, 3.8) is 0 Å². The molecule has 98 valence electrons. The zero-order valence-corrected chi connectivity index (χ0v) is 10.0. The summed E-state index contributed by atoms with van der Waals surface area (Å²) < 4.78 is 1.24. The number of aliphatic hydroxyl groups excluding tert-OH is 1. The van der Waals surface area contributed by atoms with Gasteiger partial charge in [0.15, 0.2) is 5.69 Å². The van der Waals surface area contributed by atoms with E-state index in [4.69, 9.17) is 0 Å². The molecule has 2 N–H and O–H groups in total. The summed E-state index contributed by atoms with van der Waals surface area (Å²) in [6, 6.07) is 2.71. The number of nitrogens with one attached hydrogen (secondary N) is 1. The lowest BCUT2D eigenvalue weighted by Crippen LogP contribution is -2.56. The van der Waals surface area contributed by atoms with Crippen LogP contribution in [-0.4, -0.2) is 32.6 Å². The molecule has 0 bridgehead atoms. The van der Waals surface area contributed by atoms with Crippen LogP contribution in [0.5, 0.6) is 0 Å². The number of nitrogens with zero attached hydrogens (tertiary/aromatic N) is 2. The first-order valence-corrected chi connectivity index (χ1v) is 5.72. The van der Waals surface area contributed by atoms with E-state index in [1.54, 1.807) is 0 Å². The van der Waals surface area contributed by atoms with Crippen molar-refractivity contribution in [2.75, 3.05) is 6.61 Å². The maximum absolute atomic E-state index is 12.0. The van der Waals surface area contributed by atoms with E-state index >= 15 is 0 Å². The number of amides is 1. The van der Waals surface area contributed by atoms with Crippen molar-refractivity contribution in [1.29, 1.82) is 0 Å². The van der Waals surface area contributed by atoms with Crippen LogP contribution < -0.4 is 5.32 Å². The third-order valence-electron chi connectivity index (χ3n) is 3.51. The highest BCUT2D eigenvalue weighted by Gasteiger charge is 2.39. The quantitative estimate of drug-likeness (QED) is 0.605. The number of aromatic nitrogens is 1. The molecule has 2 rings (SSSR count). The van der Waals surface area contributed by atoms with Crippen molar-refractivity contribution < 1.29 is 14.8 Å². The topological polar surface area (TPSA) is 97.4 Å². The van der Waals surface area contributed by atoms with Gasteiger partial charge in [-0.15, -0.1) is 0 Å². The van der Waals surface area contributed by atoms with Crippen molar-refractivity contribution in [1.82, 2.24) is 9.88 Å². The molecule has 0 aliphatic heterocycles. The number of aliphatic hydroxyl groups is 1. The van der Waals surface area contributed by atoms with Gasteiger partial charge >= 0.3 is 5.82 Å². The molecule has 1 aliphatic rings. The predicted molar refractivity (Wildman–Crippen MR) is 63.2 cm³/mol. The van der Waals surface area contributed by atoms with Gasteiger partial charge in [-0.05, 0) is 30.3 Å². The molecule has 0 radical (unpaired) electrons. The maximum atomic E-state index is 12.0. The third-order valence-corrected chi connectivity index (χ3v) is 3.51. The van der Waals surface area contributed by atoms with Crippen LogP contribution in [0.2, 0.25) is 0 Å². The van der Waals surface area contributed by atoms with Crippen LogP contribution in [0.25, 0.3) is 0 Å². The van der Waals surface area contributed by atoms with Crippen molar-refractivity contribution in [3.05, 3.63) is 27.9 Å². The van der Waals surface area contributed by atoms with E-state index in [0.717, 1.165) is 19.3 Å². The van der Waals surface area contributed by atoms with Crippen molar-refractivity contribution in [2.45, 2.75) is 24.8 Å². The molecule has 0 atom stereocenters. The van der Waals surface area contributed by atoms with Gasteiger partial charge in [-0.3, -0.25) is 4.79 Å². The summed E-state index contributed by atoms with van der Waals surface area (Å²) in [6.45, 7) is -0.106. The van der Waals surface area contributed by atoms with Crippen molar-refractivity contribution in [3.8, 4) is 0 Å². The molecule has 0 spiro atoms. The minimum Gasteiger partial charge on any atom is -0.394 e. The van der Waals surface area contributed by atoms with Gasteiger partial charge in [-0.1, -0.05) is 0 Å². The Morgan fingerprint density at radius 3 is 2.67 bits per heavy atom. The fourth-order valence-electron chi connectivity index (χ4n) is 2.14. The van der Waals surface area contributed by atoms with Gasteiger partial charge in [0.2, 0.25) is 0 Å². The van der Waals surface area contributed by atoms with Crippen LogP contribution in [0, 0.1) is 10.1 Å². The lowest BCUT2D eigenvalue weighted by molar-refractivity contribution is -0.391. The summed E-state index contributed by atoms with van der Waals surface area (Å²) in [5.41, 5.74) is -0.322. The van der Waals surface area contributed by atoms with E-state index in [9.17, 15) is 20.0 Å². The summed E-state index contributed by atoms with van der Waals surface area (Å²) in [6.07, 6.45) is 2.44. The second-order valence-electron chi connectivity index (χ2n) is 4.64. The third kappa shape index (κ3) is 1.97. The highest BCUT2D eigenvalue weighted by atomic mass is 16.6. The average molecular weight is 253 g/mol. The monoisotopic (exact) mass is 253 g/mol. The van der Waals surface area contributed by atoms with Crippen LogP contribution in [0.3, 0.4) is 0 Å². The lowest BCUT2D eigenvalue weighted by Gasteiger charge is -2.40. The number of hydrogen-bond acceptors (Lipinski definition) is 4. The van der Waals surface area contributed by atoms with E-state index in [1.807, 2.05) is 0 Å². The first-order valence-electron chi connectivity index (χ1n) is 5.72. The van der Waals surface area contributed by atoms with Gasteiger partial charge in [0.05, 0.1) is 19.2 Å². The Morgan fingerprint density at radius 2 is 2.28 bits per heavy atom. The Balaban J connectivity index is 2.17. The Labute approximate surface area is 104 Å². The average Bonchev–Trinajstić information content (AvgIpc) is 2.65. The van der Waals surface area contributed by atoms with E-state index in [-0.39, 0.29) is 24.0 Å². The molecule has 1 saturated carbocycles. The largest absolute Gasteiger partial charge is 0.394 e. The van der Waals surface area contributed by atoms with Crippen LogP contribution in [0.15, 0.2) is 12.1 Å². The van der Waals surface area contributed by atoms with Crippen LogP contribution in [0.1, 0.15) is 29.8 Å². The molecule has 1 amide bonds. The van der Waals surface area contributed by atoms with Crippen LogP contribution >= 0.6 is 0 Å². The Kier molecular flexibility index (Phi) is 3.08. The number of nitro groups is 1. The second kappa shape index (κ2) is 4.41. The predicted octanol–water partition coefficient (Wildman–Crippen LogP) is 0.578. The van der Waals surface area contributed by atoms with Gasteiger partial charge in [-0.25, -0.2) is 4.57 Å². The normalized spacial score (nSPS) is 17.0. The zero-order valence-electron chi connectivity index (χ0n) is 10.0. The summed E-state index contributed by atoms with van der Waals surface area (Å²) >= 11 is 0. The van der Waals surface area contributed by atoms with Gasteiger partial charge in [0.25, 0.3) is 5.91 Å². The Bertz CT molecular complexity index is 485. The second-order valence-corrected chi connectivity index (χ2v) is 4.64. The van der Waals surface area contributed by atoms with Gasteiger partial charge in [-0.2, -0.15) is 0 Å². The summed E-state index contributed by atoms with van der Waals surface area (Å²) in [4.78, 5) is 22.1. The molecule has 1 heterocycles. The Morgan fingerprint density at radius 1 is 1.61 bits per heavy atom. The van der Waals surface area contributed by atoms with Crippen LogP contribution in [0.4, 0.5) is 5.82 Å². The van der Waals surface area contributed by atoms with E-state index in [0.29, 0.717) is 0 Å². The minimum absolute atomic E-state index is 0.106. The van der Waals surface area contributed by atoms with Crippen molar-refractivity contribution in [2.24, 2.45) is 7.05 Å². The molecule has 1 aromatic rings. The molecule has 7 heteroatoms. The fraction of sp³-hybridized carbons (Fsp3) is 0.545. The fourth-order valence-corrected chi connectivity index (χ4v) is 2.14. The number of rotatable bonds is 4. The summed E-state index contributed by atoms with van der Waals surface area (Å²) in [5, 5.41) is 22.7. The summed E-state index contributed by atoms with van der Waals surface area (Å²) in [5.74, 6) is -0.522. The smallest absolute Gasteiger partial charge is 0.323 e. The van der Waals surface area contributed by atoms with Crippen molar-refractivity contribution >= 4 is 11.7 Å². The number of carbonyl (C=O) groups excluding carboxylic acids is 1. The van der Waals surface area contributed by atoms with E-state index in [2.05, 4.69) is 5.32 Å². The molecule has 0 saturated heterocycles. The molecule has 18 heavy (non-hydrogen) atoms. The molecule has 0 aromatic carbocycles. The standard InChI is InChI=1S/C11H15N3O4/c1-13-8(3-4-9(13)14(17)18)10(16)12-11(7-15)5-2-6-11/h3-4,15H,2,5-7H2,1H3,(H,12,16). The highest BCUT2D eigenvalue weighted by molar-refractivity contribution is 5.93. The molecule has 1 aromatic heterocycles. The molecule has 1 fully saturated rings. The molecule has 1 aliphatic carbocycles. The minimum atomic E-state index is -0.546. The first-order chi connectivity index (χ1) is 8.49. The SMILES string of the molecule is Cn1c(C(=O)NC2(CO)CCC2)ccc1[N+](=O)[O-]. The van der Waals surface area contributed by atoms with E-state index in [1.165, 1.54) is 23.7 Å². The van der Waals surface area contributed by atoms with Gasteiger partial charge < -0.3 is 20.5 Å². The summed E-state index contributed by atoms with van der Waals surface area (Å²) in [7, 11) is 1.47.